The lowest BCUT2D eigenvalue weighted by molar-refractivity contribution is -0.116. The first-order valence-electron chi connectivity index (χ1n) is 8.00. The van der Waals surface area contributed by atoms with Gasteiger partial charge in [-0.25, -0.2) is 13.1 Å². The van der Waals surface area contributed by atoms with Gasteiger partial charge < -0.3 is 10.1 Å². The van der Waals surface area contributed by atoms with Crippen molar-refractivity contribution in [3.63, 3.8) is 0 Å². The van der Waals surface area contributed by atoms with Crippen molar-refractivity contribution in [2.24, 2.45) is 0 Å². The van der Waals surface area contributed by atoms with Gasteiger partial charge in [0.2, 0.25) is 15.9 Å². The smallest absolute Gasteiger partial charge is 0.240 e. The molecule has 0 radical (unpaired) electrons. The largest absolute Gasteiger partial charge is 0.494 e. The minimum absolute atomic E-state index is 0.0269. The third kappa shape index (κ3) is 5.88. The van der Waals surface area contributed by atoms with Crippen LogP contribution in [0.4, 0.5) is 5.69 Å². The second-order valence-corrected chi connectivity index (χ2v) is 7.23. The number of carbonyl (C=O) groups excluding carboxylic acids is 1. The standard InChI is InChI=1S/C18H22N2O4S/c1-3-24-16-8-6-15(7-9-16)20-18(21)12-13-19-25(22,23)17-10-4-14(2)5-11-17/h4-11,19H,3,12-13H2,1-2H3,(H,20,21). The molecule has 0 spiro atoms. The molecule has 25 heavy (non-hydrogen) atoms. The van der Waals surface area contributed by atoms with E-state index in [2.05, 4.69) is 10.0 Å². The van der Waals surface area contributed by atoms with Crippen LogP contribution in [-0.4, -0.2) is 27.5 Å². The Morgan fingerprint density at radius 3 is 2.28 bits per heavy atom. The van der Waals surface area contributed by atoms with E-state index in [0.717, 1.165) is 11.3 Å². The number of aryl methyl sites for hydroxylation is 1. The SMILES string of the molecule is CCOc1ccc(NC(=O)CCNS(=O)(=O)c2ccc(C)cc2)cc1. The number of hydrogen-bond donors (Lipinski definition) is 2. The van der Waals surface area contributed by atoms with E-state index in [0.29, 0.717) is 12.3 Å². The van der Waals surface area contributed by atoms with Gasteiger partial charge in [0.1, 0.15) is 5.75 Å². The highest BCUT2D eigenvalue weighted by Gasteiger charge is 2.13. The molecule has 0 aliphatic carbocycles. The fourth-order valence-corrected chi connectivity index (χ4v) is 3.16. The van der Waals surface area contributed by atoms with Gasteiger partial charge in [-0.05, 0) is 50.2 Å². The van der Waals surface area contributed by atoms with Crippen molar-refractivity contribution in [1.29, 1.82) is 0 Å². The number of carbonyl (C=O) groups is 1. The number of ether oxygens (including phenoxy) is 1. The van der Waals surface area contributed by atoms with Crippen molar-refractivity contribution in [2.75, 3.05) is 18.5 Å². The molecule has 0 aromatic heterocycles. The number of hydrogen-bond acceptors (Lipinski definition) is 4. The Kier molecular flexibility index (Phi) is 6.55. The minimum atomic E-state index is -3.60. The maximum absolute atomic E-state index is 12.1. The molecule has 0 fully saturated rings. The van der Waals surface area contributed by atoms with Crippen LogP contribution < -0.4 is 14.8 Å². The molecule has 0 heterocycles. The Bertz CT molecular complexity index is 800. The van der Waals surface area contributed by atoms with Gasteiger partial charge in [-0.1, -0.05) is 17.7 Å². The Hall–Kier alpha value is -2.38. The molecule has 0 saturated carbocycles. The lowest BCUT2D eigenvalue weighted by Gasteiger charge is -2.09. The monoisotopic (exact) mass is 362 g/mol. The fourth-order valence-electron chi connectivity index (χ4n) is 2.12. The summed E-state index contributed by atoms with van der Waals surface area (Å²) >= 11 is 0. The Morgan fingerprint density at radius 2 is 1.68 bits per heavy atom. The van der Waals surface area contributed by atoms with Crippen LogP contribution >= 0.6 is 0 Å². The molecular weight excluding hydrogens is 340 g/mol. The molecular formula is C18H22N2O4S. The first-order valence-corrected chi connectivity index (χ1v) is 9.48. The van der Waals surface area contributed by atoms with Crippen LogP contribution in [0.5, 0.6) is 5.75 Å². The third-order valence-electron chi connectivity index (χ3n) is 3.42. The van der Waals surface area contributed by atoms with Crippen molar-refractivity contribution in [2.45, 2.75) is 25.2 Å². The summed E-state index contributed by atoms with van der Waals surface area (Å²) in [6.45, 7) is 4.38. The van der Waals surface area contributed by atoms with Crippen LogP contribution in [0.15, 0.2) is 53.4 Å². The maximum Gasteiger partial charge on any atom is 0.240 e. The first-order chi connectivity index (χ1) is 11.9. The topological polar surface area (TPSA) is 84.5 Å². The van der Waals surface area contributed by atoms with Crippen LogP contribution in [0.25, 0.3) is 0 Å². The maximum atomic E-state index is 12.1. The zero-order chi connectivity index (χ0) is 18.3. The van der Waals surface area contributed by atoms with Gasteiger partial charge in [-0.2, -0.15) is 0 Å². The quantitative estimate of drug-likeness (QED) is 0.756. The van der Waals surface area contributed by atoms with Crippen molar-refractivity contribution in [3.8, 4) is 5.75 Å². The van der Waals surface area contributed by atoms with Gasteiger partial charge in [-0.15, -0.1) is 0 Å². The zero-order valence-corrected chi connectivity index (χ0v) is 15.1. The molecule has 2 rings (SSSR count). The molecule has 7 heteroatoms. The molecule has 1 amide bonds. The van der Waals surface area contributed by atoms with Crippen molar-refractivity contribution >= 4 is 21.6 Å². The number of nitrogens with one attached hydrogen (secondary N) is 2. The van der Waals surface area contributed by atoms with Gasteiger partial charge in [0.15, 0.2) is 0 Å². The summed E-state index contributed by atoms with van der Waals surface area (Å²) in [4.78, 5) is 12.1. The third-order valence-corrected chi connectivity index (χ3v) is 4.90. The van der Waals surface area contributed by atoms with E-state index >= 15 is 0 Å². The highest BCUT2D eigenvalue weighted by atomic mass is 32.2. The summed E-state index contributed by atoms with van der Waals surface area (Å²) in [5, 5.41) is 2.72. The molecule has 2 aromatic carbocycles. The predicted molar refractivity (Wildman–Crippen MR) is 97.2 cm³/mol. The normalized spacial score (nSPS) is 11.1. The van der Waals surface area contributed by atoms with Crippen molar-refractivity contribution < 1.29 is 17.9 Å². The minimum Gasteiger partial charge on any atom is -0.494 e. The lowest BCUT2D eigenvalue weighted by atomic mass is 10.2. The lowest BCUT2D eigenvalue weighted by Crippen LogP contribution is -2.27. The number of anilines is 1. The van der Waals surface area contributed by atoms with Gasteiger partial charge >= 0.3 is 0 Å². The number of amides is 1. The van der Waals surface area contributed by atoms with Crippen LogP contribution in [0.3, 0.4) is 0 Å². The number of sulfonamides is 1. The van der Waals surface area contributed by atoms with Gasteiger partial charge in [0, 0.05) is 18.7 Å². The molecule has 0 saturated heterocycles. The van der Waals surface area contributed by atoms with E-state index in [1.165, 1.54) is 12.1 Å². The fraction of sp³-hybridized carbons (Fsp3) is 0.278. The Balaban J connectivity index is 1.82. The number of benzene rings is 2. The highest BCUT2D eigenvalue weighted by molar-refractivity contribution is 7.89. The Labute approximate surface area is 148 Å². The average Bonchev–Trinajstić information content (AvgIpc) is 2.57. The van der Waals surface area contributed by atoms with Crippen LogP contribution in [0.2, 0.25) is 0 Å². The van der Waals surface area contributed by atoms with E-state index in [4.69, 9.17) is 4.74 Å². The van der Waals surface area contributed by atoms with E-state index in [9.17, 15) is 13.2 Å². The summed E-state index contributed by atoms with van der Waals surface area (Å²) in [6.07, 6.45) is 0.0400. The second kappa shape index (κ2) is 8.64. The van der Waals surface area contributed by atoms with Crippen molar-refractivity contribution in [3.05, 3.63) is 54.1 Å². The molecule has 0 bridgehead atoms. The van der Waals surface area contributed by atoms with E-state index in [1.54, 1.807) is 36.4 Å². The van der Waals surface area contributed by atoms with Crippen LogP contribution in [0, 0.1) is 6.92 Å². The zero-order valence-electron chi connectivity index (χ0n) is 14.3. The predicted octanol–water partition coefficient (Wildman–Crippen LogP) is 2.70. The highest BCUT2D eigenvalue weighted by Crippen LogP contribution is 2.15. The van der Waals surface area contributed by atoms with Gasteiger partial charge in [0.05, 0.1) is 11.5 Å². The molecule has 6 nitrogen and oxygen atoms in total. The van der Waals surface area contributed by atoms with E-state index in [1.807, 2.05) is 13.8 Å². The molecule has 0 aliphatic heterocycles. The van der Waals surface area contributed by atoms with Crippen LogP contribution in [-0.2, 0) is 14.8 Å². The first kappa shape index (κ1) is 19.0. The molecule has 134 valence electrons. The van der Waals surface area contributed by atoms with Crippen molar-refractivity contribution in [1.82, 2.24) is 4.72 Å². The number of rotatable bonds is 8. The van der Waals surface area contributed by atoms with E-state index in [-0.39, 0.29) is 23.8 Å². The van der Waals surface area contributed by atoms with Gasteiger partial charge in [-0.3, -0.25) is 4.79 Å². The van der Waals surface area contributed by atoms with Gasteiger partial charge in [0.25, 0.3) is 0 Å². The molecule has 0 atom stereocenters. The molecule has 2 N–H and O–H groups in total. The molecule has 0 aliphatic rings. The van der Waals surface area contributed by atoms with E-state index < -0.39 is 10.0 Å². The second-order valence-electron chi connectivity index (χ2n) is 5.47. The summed E-state index contributed by atoms with van der Waals surface area (Å²) in [5.41, 5.74) is 1.61. The summed E-state index contributed by atoms with van der Waals surface area (Å²) in [6, 6.07) is 13.5. The Morgan fingerprint density at radius 1 is 1.04 bits per heavy atom. The average molecular weight is 362 g/mol. The summed E-state index contributed by atoms with van der Waals surface area (Å²) in [7, 11) is -3.60. The molecule has 2 aromatic rings. The van der Waals surface area contributed by atoms with Crippen LogP contribution in [0.1, 0.15) is 18.9 Å². The molecule has 0 unspecified atom stereocenters. The summed E-state index contributed by atoms with van der Waals surface area (Å²) in [5.74, 6) is 0.460. The summed E-state index contributed by atoms with van der Waals surface area (Å²) < 4.78 is 32.0.